The summed E-state index contributed by atoms with van der Waals surface area (Å²) in [6, 6.07) is 8.75. The van der Waals surface area contributed by atoms with Gasteiger partial charge in [-0.3, -0.25) is 9.59 Å². The van der Waals surface area contributed by atoms with Crippen LogP contribution in [0.5, 0.6) is 0 Å². The van der Waals surface area contributed by atoms with Gasteiger partial charge in [0.25, 0.3) is 0 Å². The molecule has 7 nitrogen and oxygen atoms in total. The van der Waals surface area contributed by atoms with Crippen LogP contribution in [0.4, 0.5) is 0 Å². The van der Waals surface area contributed by atoms with Crippen LogP contribution in [0.15, 0.2) is 41.4 Å². The molecule has 2 amide bonds. The fourth-order valence-corrected chi connectivity index (χ4v) is 4.78. The number of nitrogens with zero attached hydrogens (tertiary/aromatic N) is 2. The maximum atomic E-state index is 13.6. The van der Waals surface area contributed by atoms with E-state index in [4.69, 9.17) is 4.52 Å². The van der Waals surface area contributed by atoms with Gasteiger partial charge in [-0.25, -0.2) is 0 Å². The zero-order valence-corrected chi connectivity index (χ0v) is 22.3. The van der Waals surface area contributed by atoms with Gasteiger partial charge in [-0.2, -0.15) is 0 Å². The monoisotopic (exact) mass is 499 g/mol. The molecule has 1 aromatic carbocycles. The first-order valence-corrected chi connectivity index (χ1v) is 13.3. The number of aliphatic hydroxyl groups excluding tert-OH is 1. The molecule has 0 spiro atoms. The maximum Gasteiger partial charge on any atom is 0.243 e. The lowest BCUT2D eigenvalue weighted by Gasteiger charge is -2.29. The third-order valence-electron chi connectivity index (χ3n) is 6.58. The van der Waals surface area contributed by atoms with Crippen LogP contribution in [0.2, 0.25) is 0 Å². The topological polar surface area (TPSA) is 95.7 Å². The molecule has 1 aliphatic rings. The molecule has 1 aliphatic heterocycles. The summed E-state index contributed by atoms with van der Waals surface area (Å²) in [5.74, 6) is -0.472. The summed E-state index contributed by atoms with van der Waals surface area (Å²) >= 11 is 1.59. The Bertz CT molecular complexity index is 1050. The van der Waals surface area contributed by atoms with E-state index in [0.29, 0.717) is 5.76 Å². The normalized spacial score (nSPS) is 19.7. The second-order valence-electron chi connectivity index (χ2n) is 9.91. The molecular formula is C27H37N3O4S. The van der Waals surface area contributed by atoms with Gasteiger partial charge in [-0.1, -0.05) is 63.7 Å². The maximum absolute atomic E-state index is 13.6. The average molecular weight is 500 g/mol. The molecule has 0 unspecified atom stereocenters. The average Bonchev–Trinajstić information content (AvgIpc) is 3.45. The second-order valence-corrected chi connectivity index (χ2v) is 10.8. The molecule has 0 bridgehead atoms. The summed E-state index contributed by atoms with van der Waals surface area (Å²) in [5, 5.41) is 17.5. The molecule has 0 saturated carbocycles. The van der Waals surface area contributed by atoms with Gasteiger partial charge in [0.15, 0.2) is 0 Å². The fraction of sp³-hybridized carbons (Fsp3) is 0.519. The van der Waals surface area contributed by atoms with Crippen molar-refractivity contribution in [1.82, 2.24) is 15.4 Å². The van der Waals surface area contributed by atoms with E-state index >= 15 is 0 Å². The molecule has 1 fully saturated rings. The number of hydrogen-bond acceptors (Lipinski definition) is 6. The minimum atomic E-state index is -0.754. The minimum absolute atomic E-state index is 0.0645. The van der Waals surface area contributed by atoms with Crippen molar-refractivity contribution >= 4 is 28.5 Å². The molecule has 0 aliphatic carbocycles. The van der Waals surface area contributed by atoms with E-state index in [9.17, 15) is 14.7 Å². The van der Waals surface area contributed by atoms with Crippen molar-refractivity contribution < 1.29 is 19.2 Å². The highest BCUT2D eigenvalue weighted by molar-refractivity contribution is 8.07. The van der Waals surface area contributed by atoms with Crippen molar-refractivity contribution in [1.29, 1.82) is 0 Å². The molecule has 8 heteroatoms. The van der Waals surface area contributed by atoms with Gasteiger partial charge in [0.05, 0.1) is 17.8 Å². The Morgan fingerprint density at radius 1 is 1.20 bits per heavy atom. The van der Waals surface area contributed by atoms with Crippen LogP contribution in [0.1, 0.15) is 81.5 Å². The Morgan fingerprint density at radius 3 is 2.40 bits per heavy atom. The summed E-state index contributed by atoms with van der Waals surface area (Å²) in [6.07, 6.45) is 1.43. The van der Waals surface area contributed by atoms with Crippen LogP contribution in [0.25, 0.3) is 4.91 Å². The molecular weight excluding hydrogens is 462 g/mol. The van der Waals surface area contributed by atoms with Crippen LogP contribution in [-0.2, 0) is 9.59 Å². The Morgan fingerprint density at radius 2 is 1.86 bits per heavy atom. The lowest BCUT2D eigenvalue weighted by Crippen LogP contribution is -2.48. The SMILES string of the molecule is C=C(SC)c1ccc([C@H](C)NC(=O)[C@@H]2C[C@@H](O)CN2C(=O)[C@H](c2cc(C(C)C)no2)C(C)C)cc1. The van der Waals surface area contributed by atoms with Crippen molar-refractivity contribution in [2.24, 2.45) is 5.92 Å². The van der Waals surface area contributed by atoms with Crippen LogP contribution in [0.3, 0.4) is 0 Å². The second kappa shape index (κ2) is 11.4. The van der Waals surface area contributed by atoms with Gasteiger partial charge in [-0.15, -0.1) is 11.8 Å². The first-order valence-electron chi connectivity index (χ1n) is 12.1. The van der Waals surface area contributed by atoms with Gasteiger partial charge >= 0.3 is 0 Å². The smallest absolute Gasteiger partial charge is 0.243 e. The molecule has 2 aromatic rings. The molecule has 2 N–H and O–H groups in total. The van der Waals surface area contributed by atoms with E-state index in [1.807, 2.05) is 71.2 Å². The van der Waals surface area contributed by atoms with Crippen LogP contribution >= 0.6 is 11.8 Å². The summed E-state index contributed by atoms with van der Waals surface area (Å²) < 4.78 is 5.54. The highest BCUT2D eigenvalue weighted by Gasteiger charge is 2.43. The lowest BCUT2D eigenvalue weighted by molar-refractivity contribution is -0.141. The number of aliphatic hydroxyl groups is 1. The van der Waals surface area contributed by atoms with Gasteiger partial charge < -0.3 is 19.8 Å². The van der Waals surface area contributed by atoms with E-state index in [1.54, 1.807) is 11.8 Å². The van der Waals surface area contributed by atoms with Crippen LogP contribution in [0, 0.1) is 5.92 Å². The van der Waals surface area contributed by atoms with Crippen molar-refractivity contribution in [3.63, 3.8) is 0 Å². The Hall–Kier alpha value is -2.58. The first-order chi connectivity index (χ1) is 16.5. The number of β-amino-alcohol motifs (C(OH)–C–C–N with tert-alkyl or cyclic N) is 1. The number of carbonyl (C=O) groups is 2. The lowest BCUT2D eigenvalue weighted by atomic mass is 9.90. The van der Waals surface area contributed by atoms with Crippen LogP contribution < -0.4 is 5.32 Å². The molecule has 35 heavy (non-hydrogen) atoms. The first kappa shape index (κ1) is 27.0. The minimum Gasteiger partial charge on any atom is -0.391 e. The third kappa shape index (κ3) is 6.16. The summed E-state index contributed by atoms with van der Waals surface area (Å²) in [4.78, 5) is 29.4. The number of nitrogens with one attached hydrogen (secondary N) is 1. The largest absolute Gasteiger partial charge is 0.391 e. The van der Waals surface area contributed by atoms with Gasteiger partial charge in [-0.05, 0) is 36.1 Å². The molecule has 1 aromatic heterocycles. The van der Waals surface area contributed by atoms with Crippen molar-refractivity contribution in [3.05, 3.63) is 59.5 Å². The number of rotatable bonds is 9. The van der Waals surface area contributed by atoms with Gasteiger partial charge in [0.1, 0.15) is 17.7 Å². The van der Waals surface area contributed by atoms with Crippen molar-refractivity contribution in [2.75, 3.05) is 12.8 Å². The molecule has 190 valence electrons. The zero-order valence-electron chi connectivity index (χ0n) is 21.4. The highest BCUT2D eigenvalue weighted by Crippen LogP contribution is 2.32. The predicted octanol–water partition coefficient (Wildman–Crippen LogP) is 4.71. The van der Waals surface area contributed by atoms with E-state index in [-0.39, 0.29) is 42.7 Å². The molecule has 3 rings (SSSR count). The molecule has 4 atom stereocenters. The Labute approximate surface area is 212 Å². The summed E-state index contributed by atoms with van der Waals surface area (Å²) in [7, 11) is 0. The Kier molecular flexibility index (Phi) is 8.83. The number of benzene rings is 1. The van der Waals surface area contributed by atoms with E-state index in [2.05, 4.69) is 17.1 Å². The fourth-order valence-electron chi connectivity index (χ4n) is 4.41. The predicted molar refractivity (Wildman–Crippen MR) is 140 cm³/mol. The number of likely N-dealkylation sites (tertiary alicyclic amines) is 1. The van der Waals surface area contributed by atoms with Crippen LogP contribution in [-0.4, -0.2) is 51.9 Å². The van der Waals surface area contributed by atoms with E-state index < -0.39 is 18.1 Å². The Balaban J connectivity index is 1.76. The standard InChI is InChI=1S/C27H37N3O4S/c1-15(2)22-13-24(34-29-22)25(16(3)4)27(33)30-14-21(31)12-23(30)26(32)28-17(5)19-8-10-20(11-9-19)18(6)35-7/h8-11,13,15-17,21,23,25,31H,6,12,14H2,1-5,7H3,(H,28,32)/t17-,21+,23-,25-/m0/s1. The third-order valence-corrected chi connectivity index (χ3v) is 7.31. The number of carbonyl (C=O) groups excluding carboxylic acids is 2. The summed E-state index contributed by atoms with van der Waals surface area (Å²) in [6.45, 7) is 14.0. The summed E-state index contributed by atoms with van der Waals surface area (Å²) in [5.41, 5.74) is 2.79. The molecule has 0 radical (unpaired) electrons. The highest BCUT2D eigenvalue weighted by atomic mass is 32.2. The van der Waals surface area contributed by atoms with Gasteiger partial charge in [0.2, 0.25) is 11.8 Å². The number of thioether (sulfide) groups is 1. The molecule has 1 saturated heterocycles. The zero-order chi connectivity index (χ0) is 25.9. The van der Waals surface area contributed by atoms with Gasteiger partial charge in [0, 0.05) is 23.9 Å². The van der Waals surface area contributed by atoms with E-state index in [0.717, 1.165) is 21.7 Å². The number of aromatic nitrogens is 1. The van der Waals surface area contributed by atoms with Crippen molar-refractivity contribution in [2.45, 2.75) is 71.1 Å². The quantitative estimate of drug-likeness (QED) is 0.519. The number of amides is 2. The van der Waals surface area contributed by atoms with E-state index in [1.165, 1.54) is 4.90 Å². The molecule has 2 heterocycles. The number of hydrogen-bond donors (Lipinski definition) is 2. The van der Waals surface area contributed by atoms with Crippen molar-refractivity contribution in [3.8, 4) is 0 Å².